The topological polar surface area (TPSA) is 72.6 Å². The second kappa shape index (κ2) is 5.18. The van der Waals surface area contributed by atoms with Crippen molar-refractivity contribution in [2.45, 2.75) is 26.1 Å². The fourth-order valence-electron chi connectivity index (χ4n) is 1.20. The van der Waals surface area contributed by atoms with E-state index in [0.29, 0.717) is 16.3 Å². The Morgan fingerprint density at radius 2 is 2.12 bits per heavy atom. The Morgan fingerprint density at radius 1 is 1.50 bits per heavy atom. The maximum absolute atomic E-state index is 10.9. The summed E-state index contributed by atoms with van der Waals surface area (Å²) >= 11 is 5.80. The zero-order valence-electron chi connectivity index (χ0n) is 9.11. The van der Waals surface area contributed by atoms with Crippen LogP contribution in [0.2, 0.25) is 5.02 Å². The molecule has 0 aliphatic heterocycles. The summed E-state index contributed by atoms with van der Waals surface area (Å²) in [5.41, 5.74) is 5.62. The molecule has 5 heteroatoms. The lowest BCUT2D eigenvalue weighted by Crippen LogP contribution is -2.31. The zero-order chi connectivity index (χ0) is 12.3. The summed E-state index contributed by atoms with van der Waals surface area (Å²) in [6.07, 6.45) is -1.48. The molecule has 0 spiro atoms. The van der Waals surface area contributed by atoms with Gasteiger partial charge in [0.15, 0.2) is 6.10 Å². The van der Waals surface area contributed by atoms with Crippen LogP contribution < -0.4 is 10.5 Å². The Balaban J connectivity index is 2.99. The molecule has 0 bridgehead atoms. The highest BCUT2D eigenvalue weighted by Gasteiger charge is 2.15. The first-order chi connectivity index (χ1) is 7.41. The summed E-state index contributed by atoms with van der Waals surface area (Å²) in [4.78, 5) is 10.9. The Bertz CT molecular complexity index is 393. The SMILES string of the molecule is CC(Oc1ccc(Cl)cc1[C@H](C)O)C(N)=O. The number of primary amides is 1. The summed E-state index contributed by atoms with van der Waals surface area (Å²) in [6, 6.07) is 4.82. The lowest BCUT2D eigenvalue weighted by Gasteiger charge is -2.16. The molecule has 3 N–H and O–H groups in total. The monoisotopic (exact) mass is 243 g/mol. The number of ether oxygens (including phenoxy) is 1. The molecule has 1 rings (SSSR count). The van der Waals surface area contributed by atoms with Crippen LogP contribution in [0.3, 0.4) is 0 Å². The minimum Gasteiger partial charge on any atom is -0.481 e. The highest BCUT2D eigenvalue weighted by molar-refractivity contribution is 6.30. The molecule has 0 fully saturated rings. The van der Waals surface area contributed by atoms with Crippen molar-refractivity contribution in [2.75, 3.05) is 0 Å². The molecule has 0 radical (unpaired) electrons. The van der Waals surface area contributed by atoms with E-state index in [1.54, 1.807) is 32.0 Å². The number of amides is 1. The van der Waals surface area contributed by atoms with E-state index >= 15 is 0 Å². The molecule has 1 aromatic carbocycles. The smallest absolute Gasteiger partial charge is 0.258 e. The lowest BCUT2D eigenvalue weighted by atomic mass is 10.1. The summed E-state index contributed by atoms with van der Waals surface area (Å²) in [7, 11) is 0. The maximum Gasteiger partial charge on any atom is 0.258 e. The predicted molar refractivity (Wildman–Crippen MR) is 61.4 cm³/mol. The maximum atomic E-state index is 10.9. The van der Waals surface area contributed by atoms with Crippen molar-refractivity contribution in [3.05, 3.63) is 28.8 Å². The number of aliphatic hydroxyl groups is 1. The van der Waals surface area contributed by atoms with E-state index in [9.17, 15) is 9.90 Å². The molecule has 0 saturated carbocycles. The van der Waals surface area contributed by atoms with E-state index in [0.717, 1.165) is 0 Å². The molecule has 1 unspecified atom stereocenters. The molecule has 88 valence electrons. The van der Waals surface area contributed by atoms with Gasteiger partial charge in [-0.2, -0.15) is 0 Å². The number of halogens is 1. The minimum atomic E-state index is -0.751. The van der Waals surface area contributed by atoms with Gasteiger partial charge in [0, 0.05) is 10.6 Å². The van der Waals surface area contributed by atoms with Crippen LogP contribution in [0.15, 0.2) is 18.2 Å². The molecular weight excluding hydrogens is 230 g/mol. The average Bonchev–Trinajstić information content (AvgIpc) is 2.20. The van der Waals surface area contributed by atoms with Crippen LogP contribution in [0.25, 0.3) is 0 Å². The van der Waals surface area contributed by atoms with Crippen LogP contribution in [0.1, 0.15) is 25.5 Å². The Kier molecular flexibility index (Phi) is 4.15. The molecule has 0 aliphatic rings. The van der Waals surface area contributed by atoms with E-state index in [1.807, 2.05) is 0 Å². The lowest BCUT2D eigenvalue weighted by molar-refractivity contribution is -0.124. The largest absolute Gasteiger partial charge is 0.481 e. The van der Waals surface area contributed by atoms with E-state index in [4.69, 9.17) is 22.1 Å². The number of carbonyl (C=O) groups excluding carboxylic acids is 1. The van der Waals surface area contributed by atoms with E-state index in [2.05, 4.69) is 0 Å². The van der Waals surface area contributed by atoms with Crippen molar-refractivity contribution in [3.8, 4) is 5.75 Å². The molecule has 1 amide bonds. The molecule has 1 aromatic rings. The van der Waals surface area contributed by atoms with Crippen LogP contribution in [-0.2, 0) is 4.79 Å². The highest BCUT2D eigenvalue weighted by atomic mass is 35.5. The van der Waals surface area contributed by atoms with Crippen molar-refractivity contribution in [1.29, 1.82) is 0 Å². The van der Waals surface area contributed by atoms with Crippen molar-refractivity contribution in [2.24, 2.45) is 5.73 Å². The summed E-state index contributed by atoms with van der Waals surface area (Å²) in [5, 5.41) is 10.0. The van der Waals surface area contributed by atoms with E-state index in [1.165, 1.54) is 0 Å². The van der Waals surface area contributed by atoms with Crippen molar-refractivity contribution in [3.63, 3.8) is 0 Å². The summed E-state index contributed by atoms with van der Waals surface area (Å²) < 4.78 is 5.33. The predicted octanol–water partition coefficient (Wildman–Crippen LogP) is 1.65. The number of rotatable bonds is 4. The highest BCUT2D eigenvalue weighted by Crippen LogP contribution is 2.28. The van der Waals surface area contributed by atoms with Crippen molar-refractivity contribution >= 4 is 17.5 Å². The summed E-state index contributed by atoms with van der Waals surface area (Å²) in [6.45, 7) is 3.14. The molecule has 0 aliphatic carbocycles. The Labute approximate surface area is 99.0 Å². The second-order valence-corrected chi connectivity index (χ2v) is 3.96. The van der Waals surface area contributed by atoms with E-state index in [-0.39, 0.29) is 0 Å². The molecule has 0 aromatic heterocycles. The van der Waals surface area contributed by atoms with Gasteiger partial charge in [0.05, 0.1) is 6.10 Å². The van der Waals surface area contributed by atoms with Gasteiger partial charge in [-0.3, -0.25) is 4.79 Å². The quantitative estimate of drug-likeness (QED) is 0.845. The van der Waals surface area contributed by atoms with Gasteiger partial charge >= 0.3 is 0 Å². The first-order valence-electron chi connectivity index (χ1n) is 4.85. The molecule has 0 heterocycles. The number of hydrogen-bond donors (Lipinski definition) is 2. The van der Waals surface area contributed by atoms with Crippen LogP contribution in [0, 0.1) is 0 Å². The van der Waals surface area contributed by atoms with Gasteiger partial charge in [-0.05, 0) is 32.0 Å². The van der Waals surface area contributed by atoms with Crippen LogP contribution in [-0.4, -0.2) is 17.1 Å². The van der Waals surface area contributed by atoms with Gasteiger partial charge in [-0.1, -0.05) is 11.6 Å². The summed E-state index contributed by atoms with van der Waals surface area (Å²) in [5.74, 6) is -0.155. The minimum absolute atomic E-state index is 0.408. The van der Waals surface area contributed by atoms with E-state index < -0.39 is 18.1 Å². The fourth-order valence-corrected chi connectivity index (χ4v) is 1.38. The van der Waals surface area contributed by atoms with Gasteiger partial charge < -0.3 is 15.6 Å². The van der Waals surface area contributed by atoms with Crippen molar-refractivity contribution < 1.29 is 14.6 Å². The molecule has 0 saturated heterocycles. The number of benzene rings is 1. The van der Waals surface area contributed by atoms with Gasteiger partial charge in [0.1, 0.15) is 5.75 Å². The number of nitrogens with two attached hydrogens (primary N) is 1. The van der Waals surface area contributed by atoms with Crippen LogP contribution in [0.5, 0.6) is 5.75 Å². The number of aliphatic hydroxyl groups excluding tert-OH is 1. The van der Waals surface area contributed by atoms with Crippen LogP contribution >= 0.6 is 11.6 Å². The Hall–Kier alpha value is -1.26. The van der Waals surface area contributed by atoms with Gasteiger partial charge in [-0.15, -0.1) is 0 Å². The normalized spacial score (nSPS) is 14.2. The Morgan fingerprint density at radius 3 is 2.62 bits per heavy atom. The first kappa shape index (κ1) is 12.8. The third-order valence-corrected chi connectivity index (χ3v) is 2.36. The van der Waals surface area contributed by atoms with Gasteiger partial charge in [0.2, 0.25) is 0 Å². The van der Waals surface area contributed by atoms with Gasteiger partial charge in [0.25, 0.3) is 5.91 Å². The first-order valence-corrected chi connectivity index (χ1v) is 5.23. The third kappa shape index (κ3) is 3.12. The molecule has 4 nitrogen and oxygen atoms in total. The van der Waals surface area contributed by atoms with Gasteiger partial charge in [-0.25, -0.2) is 0 Å². The fraction of sp³-hybridized carbons (Fsp3) is 0.364. The van der Waals surface area contributed by atoms with Crippen LogP contribution in [0.4, 0.5) is 0 Å². The number of carbonyl (C=O) groups is 1. The molecule has 2 atom stereocenters. The molecular formula is C11H14ClNO3. The second-order valence-electron chi connectivity index (χ2n) is 3.52. The van der Waals surface area contributed by atoms with Crippen molar-refractivity contribution in [1.82, 2.24) is 0 Å². The standard InChI is InChI=1S/C11H14ClNO3/c1-6(14)9-5-8(12)3-4-10(9)16-7(2)11(13)15/h3-7,14H,1-2H3,(H2,13,15)/t6-,7?/m0/s1. The molecule has 16 heavy (non-hydrogen) atoms. The number of hydrogen-bond acceptors (Lipinski definition) is 3. The zero-order valence-corrected chi connectivity index (χ0v) is 9.86. The third-order valence-electron chi connectivity index (χ3n) is 2.13. The average molecular weight is 244 g/mol.